The van der Waals surface area contributed by atoms with Crippen molar-refractivity contribution in [3.63, 3.8) is 0 Å². The molecule has 86 valence electrons. The molecule has 1 heterocycles. The van der Waals surface area contributed by atoms with E-state index in [1.54, 1.807) is 0 Å². The normalized spacial score (nSPS) is 20.0. The summed E-state index contributed by atoms with van der Waals surface area (Å²) in [6, 6.07) is 2.07. The molecule has 0 aliphatic carbocycles. The molecule has 0 unspecified atom stereocenters. The SMILES string of the molecule is CNS(=O)(=O)NC1CCN(CC#N)CC1. The van der Waals surface area contributed by atoms with Gasteiger partial charge in [-0.1, -0.05) is 0 Å². The lowest BCUT2D eigenvalue weighted by Crippen LogP contribution is -2.47. The number of rotatable bonds is 4. The molecule has 0 aromatic heterocycles. The number of piperidine rings is 1. The number of likely N-dealkylation sites (tertiary alicyclic amines) is 1. The minimum atomic E-state index is -3.33. The Balaban J connectivity index is 2.36. The second-order valence-electron chi connectivity index (χ2n) is 3.53. The molecule has 2 N–H and O–H groups in total. The Morgan fingerprint density at radius 3 is 2.53 bits per heavy atom. The Labute approximate surface area is 90.4 Å². The van der Waals surface area contributed by atoms with E-state index in [2.05, 4.69) is 15.5 Å². The van der Waals surface area contributed by atoms with Gasteiger partial charge < -0.3 is 0 Å². The van der Waals surface area contributed by atoms with E-state index in [9.17, 15) is 8.42 Å². The summed E-state index contributed by atoms with van der Waals surface area (Å²) in [5.41, 5.74) is 0. The first-order valence-electron chi connectivity index (χ1n) is 4.87. The van der Waals surface area contributed by atoms with Gasteiger partial charge in [0.25, 0.3) is 10.2 Å². The number of nitrogens with zero attached hydrogens (tertiary/aromatic N) is 2. The first-order chi connectivity index (χ1) is 7.07. The second-order valence-corrected chi connectivity index (χ2v) is 5.18. The summed E-state index contributed by atoms with van der Waals surface area (Å²) in [6.07, 6.45) is 1.51. The highest BCUT2D eigenvalue weighted by Gasteiger charge is 2.22. The van der Waals surface area contributed by atoms with Gasteiger partial charge in [-0.05, 0) is 12.8 Å². The minimum absolute atomic E-state index is 0.0163. The highest BCUT2D eigenvalue weighted by Crippen LogP contribution is 2.10. The molecular weight excluding hydrogens is 216 g/mol. The summed E-state index contributed by atoms with van der Waals surface area (Å²) in [7, 11) is -1.95. The molecule has 6 nitrogen and oxygen atoms in total. The number of nitriles is 1. The number of hydrogen-bond donors (Lipinski definition) is 2. The summed E-state index contributed by atoms with van der Waals surface area (Å²) >= 11 is 0. The molecule has 1 aliphatic heterocycles. The lowest BCUT2D eigenvalue weighted by Gasteiger charge is -2.30. The molecule has 7 heteroatoms. The van der Waals surface area contributed by atoms with Gasteiger partial charge in [0.05, 0.1) is 12.6 Å². The van der Waals surface area contributed by atoms with Crippen molar-refractivity contribution in [2.24, 2.45) is 0 Å². The van der Waals surface area contributed by atoms with Gasteiger partial charge in [-0.2, -0.15) is 18.4 Å². The Morgan fingerprint density at radius 1 is 1.47 bits per heavy atom. The van der Waals surface area contributed by atoms with Crippen molar-refractivity contribution in [1.82, 2.24) is 14.3 Å². The zero-order chi connectivity index (χ0) is 11.3. The van der Waals surface area contributed by atoms with Gasteiger partial charge in [0.1, 0.15) is 0 Å². The average Bonchev–Trinajstić information content (AvgIpc) is 2.21. The van der Waals surface area contributed by atoms with Crippen LogP contribution in [0.25, 0.3) is 0 Å². The van der Waals surface area contributed by atoms with Crippen LogP contribution in [0.1, 0.15) is 12.8 Å². The van der Waals surface area contributed by atoms with Crippen molar-refractivity contribution in [3.8, 4) is 6.07 Å². The van der Waals surface area contributed by atoms with Crippen LogP contribution in [0.3, 0.4) is 0 Å². The van der Waals surface area contributed by atoms with Crippen LogP contribution in [0.2, 0.25) is 0 Å². The minimum Gasteiger partial charge on any atom is -0.290 e. The molecular formula is C8H16N4O2S. The van der Waals surface area contributed by atoms with Crippen molar-refractivity contribution in [2.75, 3.05) is 26.7 Å². The summed E-state index contributed by atoms with van der Waals surface area (Å²) in [5.74, 6) is 0. The lowest BCUT2D eigenvalue weighted by molar-refractivity contribution is 0.228. The number of nitrogens with one attached hydrogen (secondary N) is 2. The van der Waals surface area contributed by atoms with Gasteiger partial charge in [-0.3, -0.25) is 4.90 Å². The quantitative estimate of drug-likeness (QED) is 0.611. The van der Waals surface area contributed by atoms with Crippen LogP contribution in [0.15, 0.2) is 0 Å². The third-order valence-corrected chi connectivity index (χ3v) is 3.65. The van der Waals surface area contributed by atoms with Gasteiger partial charge in [0, 0.05) is 26.2 Å². The van der Waals surface area contributed by atoms with Crippen LogP contribution in [0.5, 0.6) is 0 Å². The third-order valence-electron chi connectivity index (χ3n) is 2.47. The van der Waals surface area contributed by atoms with E-state index < -0.39 is 10.2 Å². The predicted molar refractivity (Wildman–Crippen MR) is 56.2 cm³/mol. The first kappa shape index (κ1) is 12.4. The standard InChI is InChI=1S/C8H16N4O2S/c1-10-15(13,14)11-8-2-5-12(6-3-8)7-4-9/h8,10-11H,2-3,5-7H2,1H3. The smallest absolute Gasteiger partial charge is 0.276 e. The largest absolute Gasteiger partial charge is 0.290 e. The maximum atomic E-state index is 11.2. The van der Waals surface area contributed by atoms with Crippen LogP contribution in [0.4, 0.5) is 0 Å². The van der Waals surface area contributed by atoms with Crippen LogP contribution < -0.4 is 9.44 Å². The third kappa shape index (κ3) is 4.13. The highest BCUT2D eigenvalue weighted by atomic mass is 32.2. The molecule has 0 saturated carbocycles. The summed E-state index contributed by atoms with van der Waals surface area (Å²) in [4.78, 5) is 2.02. The molecule has 0 aromatic carbocycles. The van der Waals surface area contributed by atoms with Crippen molar-refractivity contribution < 1.29 is 8.42 Å². The molecule has 0 bridgehead atoms. The zero-order valence-electron chi connectivity index (χ0n) is 8.73. The zero-order valence-corrected chi connectivity index (χ0v) is 9.55. The topological polar surface area (TPSA) is 85.2 Å². The maximum Gasteiger partial charge on any atom is 0.276 e. The van der Waals surface area contributed by atoms with E-state index in [1.807, 2.05) is 4.90 Å². The molecule has 1 rings (SSSR count). The van der Waals surface area contributed by atoms with E-state index >= 15 is 0 Å². The van der Waals surface area contributed by atoms with E-state index in [-0.39, 0.29) is 6.04 Å². The van der Waals surface area contributed by atoms with Gasteiger partial charge >= 0.3 is 0 Å². The second kappa shape index (κ2) is 5.42. The summed E-state index contributed by atoms with van der Waals surface area (Å²) in [5, 5.41) is 8.50. The molecule has 0 amide bonds. The molecule has 0 radical (unpaired) electrons. The van der Waals surface area contributed by atoms with Crippen molar-refractivity contribution in [1.29, 1.82) is 5.26 Å². The van der Waals surface area contributed by atoms with Gasteiger partial charge in [-0.25, -0.2) is 4.72 Å². The van der Waals surface area contributed by atoms with Crippen molar-refractivity contribution in [3.05, 3.63) is 0 Å². The fourth-order valence-electron chi connectivity index (χ4n) is 1.59. The Morgan fingerprint density at radius 2 is 2.07 bits per heavy atom. The molecule has 0 atom stereocenters. The van der Waals surface area contributed by atoms with E-state index in [0.717, 1.165) is 25.9 Å². The van der Waals surface area contributed by atoms with Crippen molar-refractivity contribution >= 4 is 10.2 Å². The fourth-order valence-corrected chi connectivity index (χ4v) is 2.38. The number of hydrogen-bond acceptors (Lipinski definition) is 4. The van der Waals surface area contributed by atoms with Gasteiger partial charge in [0.2, 0.25) is 0 Å². The first-order valence-corrected chi connectivity index (χ1v) is 6.36. The molecule has 1 fully saturated rings. The Hall–Kier alpha value is -0.680. The molecule has 1 saturated heterocycles. The van der Waals surface area contributed by atoms with Crippen LogP contribution in [-0.4, -0.2) is 46.0 Å². The van der Waals surface area contributed by atoms with E-state index in [0.29, 0.717) is 6.54 Å². The predicted octanol–water partition coefficient (Wildman–Crippen LogP) is -0.972. The summed E-state index contributed by atoms with van der Waals surface area (Å²) < 4.78 is 27.2. The van der Waals surface area contributed by atoms with Crippen LogP contribution >= 0.6 is 0 Å². The Bertz CT molecular complexity index is 327. The maximum absolute atomic E-state index is 11.2. The monoisotopic (exact) mass is 232 g/mol. The Kier molecular flexibility index (Phi) is 4.47. The van der Waals surface area contributed by atoms with Crippen LogP contribution in [-0.2, 0) is 10.2 Å². The van der Waals surface area contributed by atoms with E-state index in [4.69, 9.17) is 5.26 Å². The molecule has 0 spiro atoms. The van der Waals surface area contributed by atoms with Gasteiger partial charge in [-0.15, -0.1) is 0 Å². The van der Waals surface area contributed by atoms with Crippen LogP contribution in [0, 0.1) is 11.3 Å². The lowest BCUT2D eigenvalue weighted by atomic mass is 10.1. The molecule has 1 aliphatic rings. The van der Waals surface area contributed by atoms with Gasteiger partial charge in [0.15, 0.2) is 0 Å². The summed E-state index contributed by atoms with van der Waals surface area (Å²) in [6.45, 7) is 1.96. The average molecular weight is 232 g/mol. The van der Waals surface area contributed by atoms with Crippen molar-refractivity contribution in [2.45, 2.75) is 18.9 Å². The van der Waals surface area contributed by atoms with E-state index in [1.165, 1.54) is 7.05 Å². The molecule has 0 aromatic rings. The molecule has 15 heavy (non-hydrogen) atoms. The highest BCUT2D eigenvalue weighted by molar-refractivity contribution is 7.87. The fraction of sp³-hybridized carbons (Fsp3) is 0.875.